The predicted octanol–water partition coefficient (Wildman–Crippen LogP) is 2.70. The van der Waals surface area contributed by atoms with Crippen molar-refractivity contribution in [3.05, 3.63) is 16.8 Å². The molecule has 102 valence electrons. The Kier molecular flexibility index (Phi) is 3.99. The molecule has 19 heavy (non-hydrogen) atoms. The zero-order valence-corrected chi connectivity index (χ0v) is 12.0. The second-order valence-electron chi connectivity index (χ2n) is 4.33. The van der Waals surface area contributed by atoms with Gasteiger partial charge in [-0.3, -0.25) is 4.79 Å². The molecule has 0 spiro atoms. The largest absolute Gasteiger partial charge is 0.480 e. The Hall–Kier alpha value is -1.69. The molecular weight excluding hydrogens is 262 g/mol. The number of nitrogens with zero attached hydrogens (tertiary/aromatic N) is 2. The average Bonchev–Trinajstić information content (AvgIpc) is 2.81. The van der Waals surface area contributed by atoms with Gasteiger partial charge in [0.2, 0.25) is 0 Å². The SMILES string of the molecule is CCc1nc(N[C@@H](C)C(=O)O)c2cc(CC)sc2n1. The maximum absolute atomic E-state index is 11.0. The lowest BCUT2D eigenvalue weighted by Crippen LogP contribution is -2.26. The molecule has 2 rings (SSSR count). The van der Waals surface area contributed by atoms with Crippen LogP contribution in [0.5, 0.6) is 0 Å². The first-order valence-corrected chi connectivity index (χ1v) is 7.15. The minimum absolute atomic E-state index is 0.618. The molecule has 6 heteroatoms. The molecular formula is C13H17N3O2S. The van der Waals surface area contributed by atoms with Crippen molar-refractivity contribution in [3.8, 4) is 0 Å². The van der Waals surface area contributed by atoms with Crippen molar-refractivity contribution >= 4 is 33.3 Å². The van der Waals surface area contributed by atoms with Crippen LogP contribution < -0.4 is 5.32 Å². The van der Waals surface area contributed by atoms with Gasteiger partial charge < -0.3 is 10.4 Å². The fourth-order valence-electron chi connectivity index (χ4n) is 1.72. The van der Waals surface area contributed by atoms with Gasteiger partial charge in [0.15, 0.2) is 0 Å². The highest BCUT2D eigenvalue weighted by Crippen LogP contribution is 2.29. The van der Waals surface area contributed by atoms with E-state index in [2.05, 4.69) is 22.2 Å². The quantitative estimate of drug-likeness (QED) is 0.880. The van der Waals surface area contributed by atoms with Crippen molar-refractivity contribution in [3.63, 3.8) is 0 Å². The number of rotatable bonds is 5. The van der Waals surface area contributed by atoms with Crippen LogP contribution in [0.25, 0.3) is 10.2 Å². The highest BCUT2D eigenvalue weighted by atomic mass is 32.1. The summed E-state index contributed by atoms with van der Waals surface area (Å²) in [5.74, 6) is 0.459. The number of carbonyl (C=O) groups is 1. The molecule has 2 N–H and O–H groups in total. The second-order valence-corrected chi connectivity index (χ2v) is 5.45. The lowest BCUT2D eigenvalue weighted by molar-refractivity contribution is -0.137. The van der Waals surface area contributed by atoms with E-state index in [4.69, 9.17) is 5.11 Å². The van der Waals surface area contributed by atoms with Crippen molar-refractivity contribution in [2.24, 2.45) is 0 Å². The number of aliphatic carboxylic acids is 1. The number of nitrogens with one attached hydrogen (secondary N) is 1. The van der Waals surface area contributed by atoms with Gasteiger partial charge in [-0.05, 0) is 19.4 Å². The smallest absolute Gasteiger partial charge is 0.325 e. The summed E-state index contributed by atoms with van der Waals surface area (Å²) in [7, 11) is 0. The van der Waals surface area contributed by atoms with Crippen LogP contribution in [0.15, 0.2) is 6.07 Å². The Bertz CT molecular complexity index is 609. The highest BCUT2D eigenvalue weighted by Gasteiger charge is 2.16. The molecule has 2 heterocycles. The number of hydrogen-bond donors (Lipinski definition) is 2. The predicted molar refractivity (Wildman–Crippen MR) is 76.9 cm³/mol. The van der Waals surface area contributed by atoms with Crippen molar-refractivity contribution < 1.29 is 9.90 Å². The Labute approximate surface area is 115 Å². The van der Waals surface area contributed by atoms with Crippen molar-refractivity contribution in [1.82, 2.24) is 9.97 Å². The number of fused-ring (bicyclic) bond motifs is 1. The molecule has 0 aliphatic rings. The van der Waals surface area contributed by atoms with Crippen molar-refractivity contribution in [2.45, 2.75) is 39.7 Å². The average molecular weight is 279 g/mol. The molecule has 0 fully saturated rings. The number of carboxylic acids is 1. The first kappa shape index (κ1) is 13.7. The first-order valence-electron chi connectivity index (χ1n) is 6.33. The van der Waals surface area contributed by atoms with Crippen LogP contribution >= 0.6 is 11.3 Å². The number of thiophene rings is 1. The summed E-state index contributed by atoms with van der Waals surface area (Å²) in [5.41, 5.74) is 0. The van der Waals surface area contributed by atoms with Crippen LogP contribution in [-0.2, 0) is 17.6 Å². The summed E-state index contributed by atoms with van der Waals surface area (Å²) >= 11 is 1.64. The van der Waals surface area contributed by atoms with E-state index in [1.165, 1.54) is 4.88 Å². The molecule has 0 aromatic carbocycles. The highest BCUT2D eigenvalue weighted by molar-refractivity contribution is 7.18. The Balaban J connectivity index is 2.49. The molecule has 0 unspecified atom stereocenters. The van der Waals surface area contributed by atoms with Crippen molar-refractivity contribution in [2.75, 3.05) is 5.32 Å². The van der Waals surface area contributed by atoms with Gasteiger partial charge in [0, 0.05) is 11.3 Å². The summed E-state index contributed by atoms with van der Waals surface area (Å²) in [6.45, 7) is 5.68. The number of aromatic nitrogens is 2. The molecule has 2 aromatic heterocycles. The molecule has 0 aliphatic heterocycles. The zero-order chi connectivity index (χ0) is 14.0. The Morgan fingerprint density at radius 3 is 2.74 bits per heavy atom. The summed E-state index contributed by atoms with van der Waals surface area (Å²) in [6.07, 6.45) is 1.67. The van der Waals surface area contributed by atoms with Crippen LogP contribution in [0.3, 0.4) is 0 Å². The fraction of sp³-hybridized carbons (Fsp3) is 0.462. The summed E-state index contributed by atoms with van der Waals surface area (Å²) in [4.78, 5) is 22.0. The molecule has 0 amide bonds. The summed E-state index contributed by atoms with van der Waals surface area (Å²) in [5, 5.41) is 12.9. The van der Waals surface area contributed by atoms with Crippen LogP contribution in [0.4, 0.5) is 5.82 Å². The Morgan fingerprint density at radius 1 is 1.42 bits per heavy atom. The van der Waals surface area contributed by atoms with Crippen LogP contribution in [0, 0.1) is 0 Å². The minimum Gasteiger partial charge on any atom is -0.480 e. The standard InChI is InChI=1S/C13H17N3O2S/c1-4-8-6-9-11(14-7(3)13(17)18)15-10(5-2)16-12(9)19-8/h6-7H,4-5H2,1-3H3,(H,17,18)(H,14,15,16)/t7-/m0/s1. The van der Waals surface area contributed by atoms with Gasteiger partial charge >= 0.3 is 5.97 Å². The maximum atomic E-state index is 11.0. The molecule has 0 aliphatic carbocycles. The normalized spacial score (nSPS) is 12.6. The van der Waals surface area contributed by atoms with Gasteiger partial charge in [0.1, 0.15) is 22.5 Å². The summed E-state index contributed by atoms with van der Waals surface area (Å²) < 4.78 is 0. The van der Waals surface area contributed by atoms with Crippen LogP contribution in [0.2, 0.25) is 0 Å². The second kappa shape index (κ2) is 5.52. The first-order chi connectivity index (χ1) is 9.05. The monoisotopic (exact) mass is 279 g/mol. The van der Waals surface area contributed by atoms with E-state index in [-0.39, 0.29) is 0 Å². The maximum Gasteiger partial charge on any atom is 0.325 e. The lowest BCUT2D eigenvalue weighted by Gasteiger charge is -2.11. The number of aryl methyl sites for hydroxylation is 2. The van der Waals surface area contributed by atoms with Crippen LogP contribution in [0.1, 0.15) is 31.5 Å². The third kappa shape index (κ3) is 2.84. The Morgan fingerprint density at radius 2 is 2.16 bits per heavy atom. The number of carboxylic acid groups (broad SMARTS) is 1. The van der Waals surface area contributed by atoms with Gasteiger partial charge in [-0.1, -0.05) is 13.8 Å². The summed E-state index contributed by atoms with van der Waals surface area (Å²) in [6, 6.07) is 1.36. The molecule has 0 radical (unpaired) electrons. The molecule has 0 bridgehead atoms. The molecule has 2 aromatic rings. The van der Waals surface area contributed by atoms with Gasteiger partial charge in [-0.2, -0.15) is 0 Å². The van der Waals surface area contributed by atoms with E-state index < -0.39 is 12.0 Å². The number of hydrogen-bond acceptors (Lipinski definition) is 5. The van der Waals surface area contributed by atoms with E-state index in [9.17, 15) is 4.79 Å². The van der Waals surface area contributed by atoms with Gasteiger partial charge in [-0.25, -0.2) is 9.97 Å². The third-order valence-electron chi connectivity index (χ3n) is 2.88. The van der Waals surface area contributed by atoms with E-state index in [1.807, 2.05) is 13.0 Å². The van der Waals surface area contributed by atoms with E-state index in [0.717, 1.165) is 28.9 Å². The van der Waals surface area contributed by atoms with E-state index in [0.29, 0.717) is 5.82 Å². The van der Waals surface area contributed by atoms with E-state index >= 15 is 0 Å². The van der Waals surface area contributed by atoms with Gasteiger partial charge in [-0.15, -0.1) is 11.3 Å². The zero-order valence-electron chi connectivity index (χ0n) is 11.2. The minimum atomic E-state index is -0.893. The third-order valence-corrected chi connectivity index (χ3v) is 4.05. The fourth-order valence-corrected chi connectivity index (χ4v) is 2.71. The van der Waals surface area contributed by atoms with E-state index in [1.54, 1.807) is 18.3 Å². The lowest BCUT2D eigenvalue weighted by atomic mass is 10.2. The van der Waals surface area contributed by atoms with Crippen LogP contribution in [-0.4, -0.2) is 27.1 Å². The number of anilines is 1. The van der Waals surface area contributed by atoms with Gasteiger partial charge in [0.25, 0.3) is 0 Å². The topological polar surface area (TPSA) is 75.1 Å². The molecule has 5 nitrogen and oxygen atoms in total. The van der Waals surface area contributed by atoms with Crippen molar-refractivity contribution in [1.29, 1.82) is 0 Å². The van der Waals surface area contributed by atoms with Gasteiger partial charge in [0.05, 0.1) is 5.39 Å². The molecule has 0 saturated heterocycles. The molecule has 0 saturated carbocycles. The molecule has 1 atom stereocenters.